The second-order valence-corrected chi connectivity index (χ2v) is 7.80. The van der Waals surface area contributed by atoms with Gasteiger partial charge in [0.05, 0.1) is 31.8 Å². The van der Waals surface area contributed by atoms with Crippen LogP contribution in [0.15, 0.2) is 36.4 Å². The number of benzene rings is 2. The number of rotatable bonds is 7. The number of fused-ring (bicyclic) bond motifs is 1. The molecule has 2 heterocycles. The molecule has 2 aromatic carbocycles. The molecule has 7 nitrogen and oxygen atoms in total. The Kier molecular flexibility index (Phi) is 6.36. The summed E-state index contributed by atoms with van der Waals surface area (Å²) in [6.45, 7) is 2.44. The number of H-pyrrole nitrogens is 1. The predicted molar refractivity (Wildman–Crippen MR) is 116 cm³/mol. The van der Waals surface area contributed by atoms with Crippen LogP contribution in [0.1, 0.15) is 30.1 Å². The molecule has 1 amide bonds. The van der Waals surface area contributed by atoms with Crippen LogP contribution in [0.2, 0.25) is 0 Å². The molecule has 1 aliphatic heterocycles. The third-order valence-electron chi connectivity index (χ3n) is 5.74. The maximum Gasteiger partial charge on any atom is 0.234 e. The molecular weight excluding hydrogens is 399 g/mol. The second-order valence-electron chi connectivity index (χ2n) is 7.80. The lowest BCUT2D eigenvalue weighted by Crippen LogP contribution is -2.41. The van der Waals surface area contributed by atoms with Crippen molar-refractivity contribution in [1.82, 2.24) is 20.2 Å². The molecule has 31 heavy (non-hydrogen) atoms. The highest BCUT2D eigenvalue weighted by Crippen LogP contribution is 2.28. The fourth-order valence-electron chi connectivity index (χ4n) is 4.01. The fourth-order valence-corrected chi connectivity index (χ4v) is 4.01. The zero-order chi connectivity index (χ0) is 21.8. The molecule has 0 atom stereocenters. The first kappa shape index (κ1) is 21.1. The van der Waals surface area contributed by atoms with Crippen molar-refractivity contribution in [3.8, 4) is 11.5 Å². The molecule has 1 fully saturated rings. The summed E-state index contributed by atoms with van der Waals surface area (Å²) < 4.78 is 23.9. The molecule has 0 spiro atoms. The number of amides is 1. The number of aromatic nitrogens is 2. The normalized spacial score (nSPS) is 15.2. The molecule has 0 saturated carbocycles. The van der Waals surface area contributed by atoms with Crippen LogP contribution in [-0.2, 0) is 11.3 Å². The number of carbonyl (C=O) groups excluding carboxylic acids is 1. The quantitative estimate of drug-likeness (QED) is 0.607. The van der Waals surface area contributed by atoms with Gasteiger partial charge in [-0.05, 0) is 61.8 Å². The molecule has 0 unspecified atom stereocenters. The summed E-state index contributed by atoms with van der Waals surface area (Å²) >= 11 is 0. The Balaban J connectivity index is 1.26. The van der Waals surface area contributed by atoms with Crippen molar-refractivity contribution in [3.05, 3.63) is 53.6 Å². The van der Waals surface area contributed by atoms with Gasteiger partial charge < -0.3 is 19.8 Å². The van der Waals surface area contributed by atoms with E-state index in [1.54, 1.807) is 20.3 Å². The van der Waals surface area contributed by atoms with Gasteiger partial charge in [-0.1, -0.05) is 6.07 Å². The molecule has 8 heteroatoms. The number of ether oxygens (including phenoxy) is 2. The van der Waals surface area contributed by atoms with E-state index in [-0.39, 0.29) is 11.7 Å². The van der Waals surface area contributed by atoms with Crippen LogP contribution < -0.4 is 14.8 Å². The Morgan fingerprint density at radius 3 is 2.68 bits per heavy atom. The summed E-state index contributed by atoms with van der Waals surface area (Å²) in [6.07, 6.45) is 1.82. The summed E-state index contributed by atoms with van der Waals surface area (Å²) in [7, 11) is 3.18. The Morgan fingerprint density at radius 1 is 1.16 bits per heavy atom. The van der Waals surface area contributed by atoms with Crippen molar-refractivity contribution < 1.29 is 18.7 Å². The SMILES string of the molecule is COc1ccc(CNC(=O)CN2CCC(c3nc4ccc(F)cc4[nH]3)CC2)cc1OC. The number of likely N-dealkylation sites (tertiary alicyclic amines) is 1. The van der Waals surface area contributed by atoms with Crippen molar-refractivity contribution >= 4 is 16.9 Å². The molecule has 164 valence electrons. The van der Waals surface area contributed by atoms with Crippen LogP contribution in [-0.4, -0.2) is 54.6 Å². The summed E-state index contributed by atoms with van der Waals surface area (Å²) in [6, 6.07) is 10.2. The lowest BCUT2D eigenvalue weighted by molar-refractivity contribution is -0.122. The number of piperidine rings is 1. The van der Waals surface area contributed by atoms with E-state index >= 15 is 0 Å². The Hall–Kier alpha value is -3.13. The van der Waals surface area contributed by atoms with E-state index < -0.39 is 0 Å². The van der Waals surface area contributed by atoms with Gasteiger partial charge in [0.25, 0.3) is 0 Å². The van der Waals surface area contributed by atoms with Crippen molar-refractivity contribution in [2.75, 3.05) is 33.9 Å². The molecule has 0 bridgehead atoms. The van der Waals surface area contributed by atoms with Gasteiger partial charge >= 0.3 is 0 Å². The van der Waals surface area contributed by atoms with E-state index in [0.717, 1.165) is 48.4 Å². The fraction of sp³-hybridized carbons (Fsp3) is 0.391. The van der Waals surface area contributed by atoms with Crippen LogP contribution >= 0.6 is 0 Å². The first-order valence-corrected chi connectivity index (χ1v) is 10.4. The number of nitrogens with one attached hydrogen (secondary N) is 2. The van der Waals surface area contributed by atoms with E-state index in [1.807, 2.05) is 18.2 Å². The number of methoxy groups -OCH3 is 2. The molecule has 0 aliphatic carbocycles. The van der Waals surface area contributed by atoms with Crippen LogP contribution in [0.3, 0.4) is 0 Å². The molecule has 1 saturated heterocycles. The van der Waals surface area contributed by atoms with Crippen molar-refractivity contribution in [2.24, 2.45) is 0 Å². The zero-order valence-electron chi connectivity index (χ0n) is 17.8. The van der Waals surface area contributed by atoms with Crippen molar-refractivity contribution in [2.45, 2.75) is 25.3 Å². The minimum atomic E-state index is -0.267. The number of carbonyl (C=O) groups is 1. The lowest BCUT2D eigenvalue weighted by atomic mass is 9.96. The average Bonchev–Trinajstić information content (AvgIpc) is 3.21. The molecule has 1 aliphatic rings. The van der Waals surface area contributed by atoms with Gasteiger partial charge in [0.2, 0.25) is 5.91 Å². The molecular formula is C23H27FN4O3. The lowest BCUT2D eigenvalue weighted by Gasteiger charge is -2.30. The predicted octanol–water partition coefficient (Wildman–Crippen LogP) is 3.22. The standard InChI is InChI=1S/C23H27FN4O3/c1-30-20-6-3-15(11-21(20)31-2)13-25-22(29)14-28-9-7-16(8-10-28)23-26-18-5-4-17(24)12-19(18)27-23/h3-6,11-12,16H,7-10,13-14H2,1-2H3,(H,25,29)(H,26,27). The molecule has 1 aromatic heterocycles. The third kappa shape index (κ3) is 4.96. The summed E-state index contributed by atoms with van der Waals surface area (Å²) in [5.74, 6) is 2.23. The van der Waals surface area contributed by atoms with Gasteiger partial charge in [0.15, 0.2) is 11.5 Å². The van der Waals surface area contributed by atoms with Crippen LogP contribution in [0.25, 0.3) is 11.0 Å². The van der Waals surface area contributed by atoms with Gasteiger partial charge in [-0.15, -0.1) is 0 Å². The van der Waals surface area contributed by atoms with Crippen LogP contribution in [0, 0.1) is 5.82 Å². The minimum absolute atomic E-state index is 0.00699. The van der Waals surface area contributed by atoms with Gasteiger partial charge in [-0.3, -0.25) is 9.69 Å². The summed E-state index contributed by atoms with van der Waals surface area (Å²) in [5.41, 5.74) is 2.46. The average molecular weight is 426 g/mol. The zero-order valence-corrected chi connectivity index (χ0v) is 17.8. The number of hydrogen-bond acceptors (Lipinski definition) is 5. The first-order valence-electron chi connectivity index (χ1n) is 10.4. The largest absolute Gasteiger partial charge is 0.493 e. The number of hydrogen-bond donors (Lipinski definition) is 2. The number of halogens is 1. The number of imidazole rings is 1. The molecule has 4 rings (SSSR count). The van der Waals surface area contributed by atoms with Gasteiger partial charge in [-0.2, -0.15) is 0 Å². The van der Waals surface area contributed by atoms with Crippen LogP contribution in [0.5, 0.6) is 11.5 Å². The highest BCUT2D eigenvalue weighted by atomic mass is 19.1. The first-order chi connectivity index (χ1) is 15.1. The maximum absolute atomic E-state index is 13.4. The van der Waals surface area contributed by atoms with Crippen molar-refractivity contribution in [3.63, 3.8) is 0 Å². The summed E-state index contributed by atoms with van der Waals surface area (Å²) in [5, 5.41) is 2.97. The Morgan fingerprint density at radius 2 is 1.94 bits per heavy atom. The summed E-state index contributed by atoms with van der Waals surface area (Å²) in [4.78, 5) is 22.4. The number of nitrogens with zero attached hydrogens (tertiary/aromatic N) is 2. The van der Waals surface area contributed by atoms with E-state index in [0.29, 0.717) is 30.5 Å². The monoisotopic (exact) mass is 426 g/mol. The molecule has 0 radical (unpaired) electrons. The molecule has 3 aromatic rings. The van der Waals surface area contributed by atoms with Crippen LogP contribution in [0.4, 0.5) is 4.39 Å². The highest BCUT2D eigenvalue weighted by molar-refractivity contribution is 5.78. The minimum Gasteiger partial charge on any atom is -0.493 e. The van der Waals surface area contributed by atoms with Gasteiger partial charge in [0.1, 0.15) is 11.6 Å². The third-order valence-corrected chi connectivity index (χ3v) is 5.74. The van der Waals surface area contributed by atoms with Crippen molar-refractivity contribution in [1.29, 1.82) is 0 Å². The van der Waals surface area contributed by atoms with E-state index in [9.17, 15) is 9.18 Å². The topological polar surface area (TPSA) is 79.5 Å². The van der Waals surface area contributed by atoms with Gasteiger partial charge in [-0.25, -0.2) is 9.37 Å². The Labute approximate surface area is 180 Å². The second kappa shape index (κ2) is 9.34. The maximum atomic E-state index is 13.4. The van der Waals surface area contributed by atoms with E-state index in [2.05, 4.69) is 20.2 Å². The smallest absolute Gasteiger partial charge is 0.234 e. The number of aromatic amines is 1. The van der Waals surface area contributed by atoms with Gasteiger partial charge in [0, 0.05) is 12.5 Å². The Bertz CT molecular complexity index is 1060. The molecule has 2 N–H and O–H groups in total. The van der Waals surface area contributed by atoms with E-state index in [1.165, 1.54) is 12.1 Å². The van der Waals surface area contributed by atoms with E-state index in [4.69, 9.17) is 9.47 Å². The highest BCUT2D eigenvalue weighted by Gasteiger charge is 2.24.